The summed E-state index contributed by atoms with van der Waals surface area (Å²) in [6.45, 7) is 3.45. The number of likely N-dealkylation sites (tertiary alicyclic amines) is 1. The van der Waals surface area contributed by atoms with Crippen LogP contribution in [0.25, 0.3) is 0 Å². The largest absolute Gasteiger partial charge is 0.484 e. The quantitative estimate of drug-likeness (QED) is 0.696. The normalized spacial score (nSPS) is 19.6. The Balaban J connectivity index is 1.26. The molecule has 0 atom stereocenters. The number of fused-ring (bicyclic) bond motifs is 1. The molecule has 0 bridgehead atoms. The van der Waals surface area contributed by atoms with Gasteiger partial charge < -0.3 is 9.64 Å². The highest BCUT2D eigenvalue weighted by molar-refractivity contribution is 5.96. The van der Waals surface area contributed by atoms with E-state index in [1.54, 1.807) is 0 Å². The highest BCUT2D eigenvalue weighted by atomic mass is 16.5. The van der Waals surface area contributed by atoms with Crippen molar-refractivity contribution in [2.75, 3.05) is 24.6 Å². The molecule has 1 aliphatic carbocycles. The molecule has 174 valence electrons. The molecule has 0 N–H and O–H groups in total. The number of aryl methyl sites for hydroxylation is 1. The molecule has 1 saturated carbocycles. The second-order valence-corrected chi connectivity index (χ2v) is 9.43. The second kappa shape index (κ2) is 9.49. The molecule has 7 heteroatoms. The van der Waals surface area contributed by atoms with Crippen molar-refractivity contribution in [3.8, 4) is 5.75 Å². The van der Waals surface area contributed by atoms with Crippen LogP contribution < -0.4 is 9.64 Å². The Hall–Kier alpha value is -2.96. The summed E-state index contributed by atoms with van der Waals surface area (Å²) in [5.41, 5.74) is 2.14. The molecule has 0 spiro atoms. The Kier molecular flexibility index (Phi) is 6.29. The molecule has 7 nitrogen and oxygen atoms in total. The molecule has 2 amide bonds. The van der Waals surface area contributed by atoms with Crippen LogP contribution in [0, 0.1) is 6.92 Å². The minimum absolute atomic E-state index is 0.0119. The maximum atomic E-state index is 12.8. The van der Waals surface area contributed by atoms with Gasteiger partial charge in [-0.15, -0.1) is 0 Å². The van der Waals surface area contributed by atoms with Crippen LogP contribution in [0.4, 0.5) is 5.82 Å². The molecule has 1 aromatic carbocycles. The molecule has 1 saturated heterocycles. The van der Waals surface area contributed by atoms with Gasteiger partial charge in [0.2, 0.25) is 5.91 Å². The molecule has 33 heavy (non-hydrogen) atoms. The molecule has 3 heterocycles. The monoisotopic (exact) mass is 448 g/mol. The maximum absolute atomic E-state index is 12.8. The molecular weight excluding hydrogens is 416 g/mol. The van der Waals surface area contributed by atoms with E-state index < -0.39 is 0 Å². The predicted octanol–water partition coefficient (Wildman–Crippen LogP) is 3.79. The van der Waals surface area contributed by atoms with Gasteiger partial charge >= 0.3 is 0 Å². The van der Waals surface area contributed by atoms with Gasteiger partial charge in [-0.05, 0) is 51.2 Å². The van der Waals surface area contributed by atoms with Crippen molar-refractivity contribution in [3.05, 3.63) is 47.4 Å². The Bertz CT molecular complexity index is 1010. The number of benzene rings is 1. The van der Waals surface area contributed by atoms with Gasteiger partial charge in [0.15, 0.2) is 6.61 Å². The average molecular weight is 449 g/mol. The number of ether oxygens (including phenoxy) is 1. The number of piperidine rings is 1. The third kappa shape index (κ3) is 4.59. The summed E-state index contributed by atoms with van der Waals surface area (Å²) in [4.78, 5) is 39.2. The van der Waals surface area contributed by atoms with Crippen LogP contribution >= 0.6 is 0 Å². The first-order chi connectivity index (χ1) is 16.1. The van der Waals surface area contributed by atoms with Crippen LogP contribution in [0.15, 0.2) is 30.3 Å². The van der Waals surface area contributed by atoms with Gasteiger partial charge in [0, 0.05) is 42.7 Å². The van der Waals surface area contributed by atoms with Crippen LogP contribution in [0.3, 0.4) is 0 Å². The van der Waals surface area contributed by atoms with Crippen LogP contribution in [0.1, 0.15) is 67.9 Å². The number of para-hydroxylation sites is 1. The smallest absolute Gasteiger partial charge is 0.260 e. The lowest BCUT2D eigenvalue weighted by Crippen LogP contribution is -2.43. The van der Waals surface area contributed by atoms with Gasteiger partial charge in [0.05, 0.1) is 0 Å². The molecule has 1 aromatic heterocycles. The van der Waals surface area contributed by atoms with Crippen molar-refractivity contribution in [1.29, 1.82) is 0 Å². The van der Waals surface area contributed by atoms with E-state index in [0.29, 0.717) is 25.3 Å². The zero-order valence-electron chi connectivity index (χ0n) is 19.3. The summed E-state index contributed by atoms with van der Waals surface area (Å²) < 4.78 is 5.63. The molecule has 0 radical (unpaired) electrons. The van der Waals surface area contributed by atoms with E-state index in [0.717, 1.165) is 55.0 Å². The lowest BCUT2D eigenvalue weighted by Gasteiger charge is -2.35. The highest BCUT2D eigenvalue weighted by Crippen LogP contribution is 2.36. The molecule has 2 aromatic rings. The fourth-order valence-corrected chi connectivity index (χ4v) is 5.43. The summed E-state index contributed by atoms with van der Waals surface area (Å²) in [5.74, 6) is 2.82. The molecule has 0 unspecified atom stereocenters. The zero-order chi connectivity index (χ0) is 22.8. The average Bonchev–Trinajstić information content (AvgIpc) is 3.37. The number of aromatic nitrogens is 2. The van der Waals surface area contributed by atoms with Gasteiger partial charge in [-0.1, -0.05) is 31.0 Å². The standard InChI is InChI=1S/C26H32N4O3/c1-18-22-11-12-23(31)30(20-7-5-6-8-20)26(22)28-25(27-18)19-13-15-29(16-14-19)24(32)17-33-21-9-3-2-4-10-21/h2-4,9-10,19-20H,5-8,11-17H2,1H3. The maximum Gasteiger partial charge on any atom is 0.260 e. The molecular formula is C26H32N4O3. The van der Waals surface area contributed by atoms with E-state index in [1.165, 1.54) is 12.8 Å². The van der Waals surface area contributed by atoms with E-state index in [2.05, 4.69) is 0 Å². The van der Waals surface area contributed by atoms with E-state index >= 15 is 0 Å². The number of carbonyl (C=O) groups is 2. The Morgan fingerprint density at radius 1 is 1.03 bits per heavy atom. The fourth-order valence-electron chi connectivity index (χ4n) is 5.43. The third-order valence-electron chi connectivity index (χ3n) is 7.30. The van der Waals surface area contributed by atoms with Gasteiger partial charge in [0.25, 0.3) is 5.91 Å². The van der Waals surface area contributed by atoms with Gasteiger partial charge in [-0.25, -0.2) is 9.97 Å². The van der Waals surface area contributed by atoms with E-state index in [4.69, 9.17) is 14.7 Å². The summed E-state index contributed by atoms with van der Waals surface area (Å²) in [6.07, 6.45) is 7.43. The number of carbonyl (C=O) groups excluding carboxylic acids is 2. The zero-order valence-corrected chi connectivity index (χ0v) is 19.3. The van der Waals surface area contributed by atoms with Crippen LogP contribution in [-0.2, 0) is 16.0 Å². The minimum Gasteiger partial charge on any atom is -0.484 e. The number of hydrogen-bond donors (Lipinski definition) is 0. The van der Waals surface area contributed by atoms with Crippen molar-refractivity contribution in [3.63, 3.8) is 0 Å². The molecule has 2 aliphatic heterocycles. The SMILES string of the molecule is Cc1nc(C2CCN(C(=O)COc3ccccc3)CC2)nc2c1CCC(=O)N2C1CCCC1. The van der Waals surface area contributed by atoms with Crippen LogP contribution in [0.5, 0.6) is 5.75 Å². The summed E-state index contributed by atoms with van der Waals surface area (Å²) in [7, 11) is 0. The highest BCUT2D eigenvalue weighted by Gasteiger charge is 2.35. The minimum atomic E-state index is 0.0119. The Labute approximate surface area is 195 Å². The summed E-state index contributed by atoms with van der Waals surface area (Å²) in [5, 5.41) is 0. The Morgan fingerprint density at radius 2 is 1.76 bits per heavy atom. The lowest BCUT2D eigenvalue weighted by molar-refractivity contribution is -0.134. The van der Waals surface area contributed by atoms with Crippen molar-refractivity contribution in [2.24, 2.45) is 0 Å². The Morgan fingerprint density at radius 3 is 2.48 bits per heavy atom. The number of hydrogen-bond acceptors (Lipinski definition) is 5. The molecule has 3 aliphatic rings. The van der Waals surface area contributed by atoms with Gasteiger partial charge in [-0.3, -0.25) is 14.5 Å². The number of amides is 2. The number of rotatable bonds is 5. The number of nitrogens with zero attached hydrogens (tertiary/aromatic N) is 4. The summed E-state index contributed by atoms with van der Waals surface area (Å²) in [6, 6.07) is 9.71. The first kappa shape index (κ1) is 21.9. The lowest BCUT2D eigenvalue weighted by atomic mass is 9.94. The number of anilines is 1. The topological polar surface area (TPSA) is 75.6 Å². The first-order valence-electron chi connectivity index (χ1n) is 12.2. The van der Waals surface area contributed by atoms with E-state index in [1.807, 2.05) is 47.1 Å². The van der Waals surface area contributed by atoms with Gasteiger partial charge in [0.1, 0.15) is 17.4 Å². The second-order valence-electron chi connectivity index (χ2n) is 9.43. The van der Waals surface area contributed by atoms with E-state index in [9.17, 15) is 9.59 Å². The van der Waals surface area contributed by atoms with Crippen molar-refractivity contribution in [2.45, 2.75) is 70.3 Å². The van der Waals surface area contributed by atoms with E-state index in [-0.39, 0.29) is 30.4 Å². The summed E-state index contributed by atoms with van der Waals surface area (Å²) >= 11 is 0. The van der Waals surface area contributed by atoms with Crippen molar-refractivity contribution >= 4 is 17.6 Å². The fraction of sp³-hybridized carbons (Fsp3) is 0.538. The molecule has 2 fully saturated rings. The first-order valence-corrected chi connectivity index (χ1v) is 12.2. The van der Waals surface area contributed by atoms with Crippen molar-refractivity contribution < 1.29 is 14.3 Å². The predicted molar refractivity (Wildman–Crippen MR) is 125 cm³/mol. The molecule has 5 rings (SSSR count). The van der Waals surface area contributed by atoms with Crippen LogP contribution in [-0.4, -0.2) is 52.4 Å². The van der Waals surface area contributed by atoms with Crippen LogP contribution in [0.2, 0.25) is 0 Å². The van der Waals surface area contributed by atoms with Gasteiger partial charge in [-0.2, -0.15) is 0 Å². The van der Waals surface area contributed by atoms with Crippen molar-refractivity contribution in [1.82, 2.24) is 14.9 Å². The third-order valence-corrected chi connectivity index (χ3v) is 7.30.